The lowest BCUT2D eigenvalue weighted by molar-refractivity contribution is 0.324. The molecular weight excluding hydrogens is 541 g/mol. The van der Waals surface area contributed by atoms with E-state index in [4.69, 9.17) is 19.2 Å². The Morgan fingerprint density at radius 2 is 1.74 bits per heavy atom. The highest BCUT2D eigenvalue weighted by atomic mass is 32.2. The molecule has 3 heterocycles. The fourth-order valence-electron chi connectivity index (χ4n) is 4.27. The van der Waals surface area contributed by atoms with Gasteiger partial charge in [-0.3, -0.25) is 9.36 Å². The van der Waals surface area contributed by atoms with Crippen LogP contribution in [0.1, 0.15) is 28.4 Å². The number of H-pyrrole nitrogens is 1. The number of para-hydroxylation sites is 1. The van der Waals surface area contributed by atoms with E-state index in [-0.39, 0.29) is 16.5 Å². The fraction of sp³-hybridized carbons (Fsp3) is 0.259. The Bertz CT molecular complexity index is 1720. The normalized spacial score (nSPS) is 12.1. The number of rotatable bonds is 8. The van der Waals surface area contributed by atoms with Crippen LogP contribution in [0.25, 0.3) is 27.3 Å². The lowest BCUT2D eigenvalue weighted by Crippen LogP contribution is -2.13. The first-order valence-corrected chi connectivity index (χ1v) is 13.6. The van der Waals surface area contributed by atoms with Gasteiger partial charge < -0.3 is 19.2 Å². The monoisotopic (exact) mass is 567 g/mol. The Morgan fingerprint density at radius 1 is 1.05 bits per heavy atom. The number of nitrogens with one attached hydrogen (secondary N) is 1. The van der Waals surface area contributed by atoms with Crippen LogP contribution in [0.5, 0.6) is 17.2 Å². The molecule has 1 N–H and O–H groups in total. The summed E-state index contributed by atoms with van der Waals surface area (Å²) in [7, 11) is 4.56. The van der Waals surface area contributed by atoms with Crippen LogP contribution < -0.4 is 19.8 Å². The van der Waals surface area contributed by atoms with Crippen molar-refractivity contribution in [3.8, 4) is 34.3 Å². The van der Waals surface area contributed by atoms with Gasteiger partial charge in [0.05, 0.1) is 37.7 Å². The van der Waals surface area contributed by atoms with Gasteiger partial charge in [0, 0.05) is 10.4 Å². The highest BCUT2D eigenvalue weighted by molar-refractivity contribution is 7.99. The molecule has 1 unspecified atom stereocenters. The zero-order chi connectivity index (χ0) is 27.8. The second-order valence-corrected chi connectivity index (χ2v) is 11.2. The van der Waals surface area contributed by atoms with Gasteiger partial charge in [-0.15, -0.1) is 21.5 Å². The molecule has 0 saturated heterocycles. The Labute approximate surface area is 232 Å². The van der Waals surface area contributed by atoms with Crippen molar-refractivity contribution in [3.63, 3.8) is 0 Å². The fourth-order valence-corrected chi connectivity index (χ4v) is 6.23. The summed E-state index contributed by atoms with van der Waals surface area (Å²) in [5.74, 6) is 1.70. The van der Waals surface area contributed by atoms with Crippen LogP contribution in [0.15, 0.2) is 46.3 Å². The van der Waals surface area contributed by atoms with E-state index in [0.29, 0.717) is 49.8 Å². The average Bonchev–Trinajstić information content (AvgIpc) is 3.47. The van der Waals surface area contributed by atoms with Crippen LogP contribution in [0.4, 0.5) is 4.39 Å². The summed E-state index contributed by atoms with van der Waals surface area (Å²) in [6.07, 6.45) is 0. The van der Waals surface area contributed by atoms with Crippen LogP contribution in [0.2, 0.25) is 0 Å². The number of aryl methyl sites for hydroxylation is 2. The van der Waals surface area contributed by atoms with Crippen molar-refractivity contribution in [2.75, 3.05) is 21.3 Å². The first-order valence-electron chi connectivity index (χ1n) is 11.9. The van der Waals surface area contributed by atoms with Crippen molar-refractivity contribution >= 4 is 33.3 Å². The molecule has 202 valence electrons. The number of hydrogen-bond acceptors (Lipinski definition) is 9. The standard InChI is InChI=1S/C27H26FN5O4S2/c1-13-14(2)38-26-21(13)25(34)29-23(30-26)15(3)39-27-32-31-24(33(27)18-10-8-7-9-17(18)28)16-11-19(35-4)22(37-6)20(12-16)36-5/h7-12,15H,1-6H3,(H,29,30,34). The maximum atomic E-state index is 15.2. The smallest absolute Gasteiger partial charge is 0.259 e. The van der Waals surface area contributed by atoms with E-state index in [9.17, 15) is 4.79 Å². The second kappa shape index (κ2) is 10.7. The second-order valence-electron chi connectivity index (χ2n) is 8.68. The number of ether oxygens (including phenoxy) is 3. The minimum Gasteiger partial charge on any atom is -0.493 e. The molecule has 12 heteroatoms. The Morgan fingerprint density at radius 3 is 2.38 bits per heavy atom. The molecule has 0 radical (unpaired) electrons. The Hall–Kier alpha value is -3.90. The number of fused-ring (bicyclic) bond motifs is 1. The van der Waals surface area contributed by atoms with Crippen molar-refractivity contribution in [3.05, 3.63) is 68.8 Å². The topological polar surface area (TPSA) is 104 Å². The molecule has 2 aromatic carbocycles. The van der Waals surface area contributed by atoms with Gasteiger partial charge in [-0.25, -0.2) is 9.37 Å². The van der Waals surface area contributed by atoms with Gasteiger partial charge in [-0.05, 0) is 50.6 Å². The summed E-state index contributed by atoms with van der Waals surface area (Å²) >= 11 is 2.79. The van der Waals surface area contributed by atoms with Crippen LogP contribution in [0.3, 0.4) is 0 Å². The summed E-state index contributed by atoms with van der Waals surface area (Å²) in [5, 5.41) is 9.53. The van der Waals surface area contributed by atoms with Crippen LogP contribution in [0, 0.1) is 19.7 Å². The molecule has 0 aliphatic carbocycles. The van der Waals surface area contributed by atoms with Crippen molar-refractivity contribution in [2.24, 2.45) is 0 Å². The number of thioether (sulfide) groups is 1. The molecule has 0 aliphatic heterocycles. The zero-order valence-corrected chi connectivity index (χ0v) is 23.8. The van der Waals surface area contributed by atoms with E-state index in [2.05, 4.69) is 15.2 Å². The minimum atomic E-state index is -0.446. The first kappa shape index (κ1) is 26.7. The van der Waals surface area contributed by atoms with Gasteiger partial charge in [0.2, 0.25) is 5.75 Å². The molecule has 0 saturated carbocycles. The van der Waals surface area contributed by atoms with Crippen molar-refractivity contribution in [1.29, 1.82) is 0 Å². The average molecular weight is 568 g/mol. The van der Waals surface area contributed by atoms with Gasteiger partial charge in [0.25, 0.3) is 5.56 Å². The van der Waals surface area contributed by atoms with Crippen LogP contribution >= 0.6 is 23.1 Å². The number of nitrogens with zero attached hydrogens (tertiary/aromatic N) is 4. The minimum absolute atomic E-state index is 0.182. The largest absolute Gasteiger partial charge is 0.493 e. The predicted molar refractivity (Wildman–Crippen MR) is 150 cm³/mol. The molecule has 0 fully saturated rings. The third-order valence-electron chi connectivity index (χ3n) is 6.37. The molecule has 0 spiro atoms. The lowest BCUT2D eigenvalue weighted by atomic mass is 10.1. The van der Waals surface area contributed by atoms with Crippen molar-refractivity contribution in [1.82, 2.24) is 24.7 Å². The predicted octanol–water partition coefficient (Wildman–Crippen LogP) is 5.87. The van der Waals surface area contributed by atoms with Gasteiger partial charge >= 0.3 is 0 Å². The number of hydrogen-bond donors (Lipinski definition) is 1. The molecule has 39 heavy (non-hydrogen) atoms. The molecule has 0 amide bonds. The molecule has 5 aromatic rings. The molecule has 9 nitrogen and oxygen atoms in total. The van der Waals surface area contributed by atoms with E-state index in [0.717, 1.165) is 10.4 Å². The summed E-state index contributed by atoms with van der Waals surface area (Å²) in [4.78, 5) is 22.3. The molecule has 5 rings (SSSR count). The zero-order valence-electron chi connectivity index (χ0n) is 22.2. The quantitative estimate of drug-likeness (QED) is 0.232. The summed E-state index contributed by atoms with van der Waals surface area (Å²) < 4.78 is 33.3. The van der Waals surface area contributed by atoms with Crippen LogP contribution in [-0.2, 0) is 0 Å². The highest BCUT2D eigenvalue weighted by Gasteiger charge is 2.25. The van der Waals surface area contributed by atoms with Gasteiger partial charge in [-0.1, -0.05) is 23.9 Å². The van der Waals surface area contributed by atoms with E-state index in [1.54, 1.807) is 34.9 Å². The van der Waals surface area contributed by atoms with Gasteiger partial charge in [-0.2, -0.15) is 0 Å². The SMILES string of the molecule is COc1cc(-c2nnc(SC(C)c3nc4sc(C)c(C)c4c(=O)[nH]3)n2-c2ccccc2F)cc(OC)c1OC. The Kier molecular flexibility index (Phi) is 7.32. The van der Waals surface area contributed by atoms with Gasteiger partial charge in [0.15, 0.2) is 22.5 Å². The highest BCUT2D eigenvalue weighted by Crippen LogP contribution is 2.43. The maximum Gasteiger partial charge on any atom is 0.259 e. The van der Waals surface area contributed by atoms with E-state index < -0.39 is 5.82 Å². The number of thiophene rings is 1. The van der Waals surface area contributed by atoms with E-state index in [1.807, 2.05) is 20.8 Å². The molecule has 3 aromatic heterocycles. The maximum absolute atomic E-state index is 15.2. The van der Waals surface area contributed by atoms with E-state index >= 15 is 4.39 Å². The van der Waals surface area contributed by atoms with E-state index in [1.165, 1.54) is 50.5 Å². The lowest BCUT2D eigenvalue weighted by Gasteiger charge is -2.16. The molecule has 0 bridgehead atoms. The summed E-state index contributed by atoms with van der Waals surface area (Å²) in [6, 6.07) is 9.85. The van der Waals surface area contributed by atoms with Crippen molar-refractivity contribution in [2.45, 2.75) is 31.2 Å². The van der Waals surface area contributed by atoms with Crippen LogP contribution in [-0.4, -0.2) is 46.1 Å². The summed E-state index contributed by atoms with van der Waals surface area (Å²) in [6.45, 7) is 5.80. The number of aromatic amines is 1. The third-order valence-corrected chi connectivity index (χ3v) is 8.53. The summed E-state index contributed by atoms with van der Waals surface area (Å²) in [5.41, 5.74) is 1.60. The number of halogens is 1. The van der Waals surface area contributed by atoms with Gasteiger partial charge in [0.1, 0.15) is 16.5 Å². The first-order chi connectivity index (χ1) is 18.8. The number of methoxy groups -OCH3 is 3. The third kappa shape index (κ3) is 4.74. The molecule has 0 aliphatic rings. The molecule has 1 atom stereocenters. The molecular formula is C27H26FN5O4S2. The Balaban J connectivity index is 1.63. The number of benzene rings is 2. The van der Waals surface area contributed by atoms with Crippen molar-refractivity contribution < 1.29 is 18.6 Å². The number of aromatic nitrogens is 5.